The largest absolute Gasteiger partial charge is 0.497 e. The Labute approximate surface area is 172 Å². The number of hydrogen-bond donors (Lipinski definition) is 1. The maximum atomic E-state index is 13.2. The van der Waals surface area contributed by atoms with Gasteiger partial charge in [0.05, 0.1) is 12.7 Å². The van der Waals surface area contributed by atoms with E-state index in [1.165, 1.54) is 12.1 Å². The van der Waals surface area contributed by atoms with Crippen molar-refractivity contribution in [2.75, 3.05) is 7.11 Å². The summed E-state index contributed by atoms with van der Waals surface area (Å²) in [6.45, 7) is 1.81. The van der Waals surface area contributed by atoms with Crippen molar-refractivity contribution in [2.45, 2.75) is 37.9 Å². The summed E-state index contributed by atoms with van der Waals surface area (Å²) < 4.78 is 44.9. The SMILES string of the molecule is CCC(=O)N[C@@H]1C[C@H]1c1cc(-c2cccc(C(F)(F)F)c2)cc2ccc(OC)cc12. The summed E-state index contributed by atoms with van der Waals surface area (Å²) in [7, 11) is 1.60. The number of methoxy groups -OCH3 is 1. The minimum absolute atomic E-state index is 0.00146. The Hall–Kier alpha value is -3.02. The zero-order chi connectivity index (χ0) is 21.5. The molecule has 2 atom stereocenters. The summed E-state index contributed by atoms with van der Waals surface area (Å²) in [5.74, 6) is 0.838. The zero-order valence-corrected chi connectivity index (χ0v) is 16.7. The van der Waals surface area contributed by atoms with Gasteiger partial charge < -0.3 is 10.1 Å². The number of halogens is 3. The summed E-state index contributed by atoms with van der Waals surface area (Å²) in [5.41, 5.74) is 1.58. The van der Waals surface area contributed by atoms with Gasteiger partial charge in [-0.15, -0.1) is 0 Å². The highest BCUT2D eigenvalue weighted by molar-refractivity contribution is 5.92. The number of nitrogens with one attached hydrogen (secondary N) is 1. The van der Waals surface area contributed by atoms with Gasteiger partial charge >= 0.3 is 6.18 Å². The number of carbonyl (C=O) groups excluding carboxylic acids is 1. The van der Waals surface area contributed by atoms with Crippen molar-refractivity contribution >= 4 is 16.7 Å². The molecule has 0 radical (unpaired) electrons. The lowest BCUT2D eigenvalue weighted by Gasteiger charge is -2.14. The third-order valence-electron chi connectivity index (χ3n) is 5.57. The van der Waals surface area contributed by atoms with Gasteiger partial charge in [-0.1, -0.05) is 31.2 Å². The average molecular weight is 413 g/mol. The van der Waals surface area contributed by atoms with Gasteiger partial charge in [0.15, 0.2) is 0 Å². The van der Waals surface area contributed by atoms with E-state index in [4.69, 9.17) is 4.74 Å². The Morgan fingerprint density at radius 3 is 2.60 bits per heavy atom. The predicted octanol–water partition coefficient (Wildman–Crippen LogP) is 5.92. The van der Waals surface area contributed by atoms with E-state index in [1.54, 1.807) is 20.1 Å². The number of carbonyl (C=O) groups is 1. The molecule has 3 aromatic carbocycles. The lowest BCUT2D eigenvalue weighted by atomic mass is 9.93. The van der Waals surface area contributed by atoms with Gasteiger partial charge in [-0.25, -0.2) is 0 Å². The predicted molar refractivity (Wildman–Crippen MR) is 111 cm³/mol. The molecule has 3 nitrogen and oxygen atoms in total. The highest BCUT2D eigenvalue weighted by Gasteiger charge is 2.40. The van der Waals surface area contributed by atoms with Crippen molar-refractivity contribution in [3.05, 3.63) is 65.7 Å². The molecule has 0 spiro atoms. The molecule has 0 aliphatic heterocycles. The standard InChI is InChI=1S/C24H22F3NO2/c1-3-23(29)28-22-13-21(22)20-11-16(9-15-7-8-18(30-2)12-19(15)20)14-5-4-6-17(10-14)24(25,26)27/h4-12,21-22H,3,13H2,1-2H3,(H,28,29)/t21-,22+/m0/s1. The summed E-state index contributed by atoms with van der Waals surface area (Å²) in [5, 5.41) is 4.93. The molecular weight excluding hydrogens is 391 g/mol. The van der Waals surface area contributed by atoms with Crippen LogP contribution in [0.4, 0.5) is 13.2 Å². The zero-order valence-electron chi connectivity index (χ0n) is 16.7. The lowest BCUT2D eigenvalue weighted by Crippen LogP contribution is -2.25. The maximum Gasteiger partial charge on any atom is 0.416 e. The first-order chi connectivity index (χ1) is 14.3. The summed E-state index contributed by atoms with van der Waals surface area (Å²) in [4.78, 5) is 11.8. The van der Waals surface area contributed by atoms with E-state index in [-0.39, 0.29) is 17.9 Å². The number of ether oxygens (including phenoxy) is 1. The number of alkyl halides is 3. The average Bonchev–Trinajstić information content (AvgIpc) is 3.50. The summed E-state index contributed by atoms with van der Waals surface area (Å²) >= 11 is 0. The summed E-state index contributed by atoms with van der Waals surface area (Å²) in [6, 6.07) is 15.0. The van der Waals surface area contributed by atoms with Crippen LogP contribution in [0.25, 0.3) is 21.9 Å². The second kappa shape index (κ2) is 7.67. The van der Waals surface area contributed by atoms with Crippen molar-refractivity contribution in [1.29, 1.82) is 0 Å². The van der Waals surface area contributed by atoms with Crippen LogP contribution in [0.15, 0.2) is 54.6 Å². The van der Waals surface area contributed by atoms with Crippen LogP contribution in [-0.4, -0.2) is 19.1 Å². The van der Waals surface area contributed by atoms with E-state index in [2.05, 4.69) is 5.32 Å². The second-order valence-corrected chi connectivity index (χ2v) is 7.60. The molecule has 1 amide bonds. The fraction of sp³-hybridized carbons (Fsp3) is 0.292. The van der Waals surface area contributed by atoms with Crippen molar-refractivity contribution in [3.63, 3.8) is 0 Å². The molecule has 6 heteroatoms. The van der Waals surface area contributed by atoms with E-state index in [1.807, 2.05) is 30.3 Å². The Morgan fingerprint density at radius 1 is 1.10 bits per heavy atom. The quantitative estimate of drug-likeness (QED) is 0.564. The van der Waals surface area contributed by atoms with Crippen LogP contribution in [0.5, 0.6) is 5.75 Å². The van der Waals surface area contributed by atoms with E-state index in [9.17, 15) is 18.0 Å². The Morgan fingerprint density at radius 2 is 1.90 bits per heavy atom. The van der Waals surface area contributed by atoms with Gasteiger partial charge in [-0.05, 0) is 64.2 Å². The van der Waals surface area contributed by atoms with Crippen LogP contribution in [-0.2, 0) is 11.0 Å². The molecule has 1 aliphatic rings. The third kappa shape index (κ3) is 3.99. The molecule has 3 aromatic rings. The minimum atomic E-state index is -4.39. The molecule has 0 heterocycles. The molecule has 0 aromatic heterocycles. The smallest absolute Gasteiger partial charge is 0.416 e. The van der Waals surface area contributed by atoms with Crippen molar-refractivity contribution in [3.8, 4) is 16.9 Å². The fourth-order valence-corrected chi connectivity index (χ4v) is 3.85. The van der Waals surface area contributed by atoms with Crippen LogP contribution in [0.1, 0.15) is 36.8 Å². The van der Waals surface area contributed by atoms with E-state index < -0.39 is 11.7 Å². The molecular formula is C24H22F3NO2. The molecule has 1 aliphatic carbocycles. The molecule has 0 bridgehead atoms. The van der Waals surface area contributed by atoms with Gasteiger partial charge in [-0.3, -0.25) is 4.79 Å². The third-order valence-corrected chi connectivity index (χ3v) is 5.57. The van der Waals surface area contributed by atoms with Gasteiger partial charge in [0.25, 0.3) is 0 Å². The Balaban J connectivity index is 1.80. The molecule has 156 valence electrons. The number of fused-ring (bicyclic) bond motifs is 1. The van der Waals surface area contributed by atoms with E-state index in [0.29, 0.717) is 17.7 Å². The van der Waals surface area contributed by atoms with Crippen LogP contribution in [0, 0.1) is 0 Å². The number of hydrogen-bond acceptors (Lipinski definition) is 2. The van der Waals surface area contributed by atoms with Crippen LogP contribution in [0.2, 0.25) is 0 Å². The molecule has 0 saturated heterocycles. The molecule has 0 unspecified atom stereocenters. The normalized spacial score (nSPS) is 18.3. The summed E-state index contributed by atoms with van der Waals surface area (Å²) in [6.07, 6.45) is -3.17. The van der Waals surface area contributed by atoms with Crippen LogP contribution >= 0.6 is 0 Å². The highest BCUT2D eigenvalue weighted by Crippen LogP contribution is 2.46. The second-order valence-electron chi connectivity index (χ2n) is 7.60. The van der Waals surface area contributed by atoms with Crippen molar-refractivity contribution in [2.24, 2.45) is 0 Å². The van der Waals surface area contributed by atoms with E-state index >= 15 is 0 Å². The maximum absolute atomic E-state index is 13.2. The number of amides is 1. The Bertz CT molecular complexity index is 1110. The van der Waals surface area contributed by atoms with Gasteiger partial charge in [-0.2, -0.15) is 13.2 Å². The van der Waals surface area contributed by atoms with Crippen LogP contribution in [0.3, 0.4) is 0 Å². The Kier molecular flexibility index (Phi) is 5.18. The van der Waals surface area contributed by atoms with E-state index in [0.717, 1.165) is 34.4 Å². The fourth-order valence-electron chi connectivity index (χ4n) is 3.85. The first-order valence-corrected chi connectivity index (χ1v) is 9.89. The van der Waals surface area contributed by atoms with Crippen LogP contribution < -0.4 is 10.1 Å². The molecule has 4 rings (SSSR count). The number of rotatable bonds is 5. The molecule has 1 N–H and O–H groups in total. The van der Waals surface area contributed by atoms with Crippen molar-refractivity contribution < 1.29 is 22.7 Å². The minimum Gasteiger partial charge on any atom is -0.497 e. The van der Waals surface area contributed by atoms with Gasteiger partial charge in [0, 0.05) is 18.4 Å². The van der Waals surface area contributed by atoms with Gasteiger partial charge in [0.1, 0.15) is 5.75 Å². The monoisotopic (exact) mass is 413 g/mol. The first-order valence-electron chi connectivity index (χ1n) is 9.89. The molecule has 1 saturated carbocycles. The molecule has 1 fully saturated rings. The number of benzene rings is 3. The topological polar surface area (TPSA) is 38.3 Å². The first kappa shape index (κ1) is 20.3. The van der Waals surface area contributed by atoms with Gasteiger partial charge in [0.2, 0.25) is 5.91 Å². The molecule has 30 heavy (non-hydrogen) atoms. The van der Waals surface area contributed by atoms with Crippen molar-refractivity contribution in [1.82, 2.24) is 5.32 Å². The lowest BCUT2D eigenvalue weighted by molar-refractivity contribution is -0.137. The highest BCUT2D eigenvalue weighted by atomic mass is 19.4.